The molecule has 3 N–H and O–H groups in total. The molecule has 1 heterocycles. The van der Waals surface area contributed by atoms with E-state index in [1.165, 1.54) is 6.07 Å². The van der Waals surface area contributed by atoms with Crippen molar-refractivity contribution >= 4 is 22.7 Å². The van der Waals surface area contributed by atoms with Crippen molar-refractivity contribution in [2.75, 3.05) is 5.73 Å². The summed E-state index contributed by atoms with van der Waals surface area (Å²) in [7, 11) is 0. The summed E-state index contributed by atoms with van der Waals surface area (Å²) in [5.74, 6) is 0. The largest absolute Gasteiger partial charge is 0.416 e. The van der Waals surface area contributed by atoms with E-state index in [0.717, 1.165) is 30.5 Å². The van der Waals surface area contributed by atoms with Crippen LogP contribution in [0.15, 0.2) is 28.6 Å². The molecule has 0 atom stereocenters. The standard InChI is InChI=1S/C16H17F3N2O/c1-3-4-9(2)7-12-11-8-10(16(17,18)19)5-6-13(11)21-15(22)14(12)20/h5-8H,3-4,20H2,1-2H3,(H,21,22). The molecule has 0 radical (unpaired) electrons. The van der Waals surface area contributed by atoms with Crippen molar-refractivity contribution in [2.45, 2.75) is 32.9 Å². The lowest BCUT2D eigenvalue weighted by Crippen LogP contribution is -2.14. The lowest BCUT2D eigenvalue weighted by Gasteiger charge is -2.11. The fourth-order valence-electron chi connectivity index (χ4n) is 2.38. The number of halogens is 3. The summed E-state index contributed by atoms with van der Waals surface area (Å²) in [6.45, 7) is 3.86. The fraction of sp³-hybridized carbons (Fsp3) is 0.312. The number of fused-ring (bicyclic) bond motifs is 1. The van der Waals surface area contributed by atoms with E-state index in [1.54, 1.807) is 6.08 Å². The molecule has 22 heavy (non-hydrogen) atoms. The number of benzene rings is 1. The molecule has 0 amide bonds. The summed E-state index contributed by atoms with van der Waals surface area (Å²) in [5.41, 5.74) is 6.08. The number of allylic oxidation sites excluding steroid dienone is 1. The van der Waals surface area contributed by atoms with Crippen molar-refractivity contribution in [3.8, 4) is 0 Å². The van der Waals surface area contributed by atoms with E-state index in [2.05, 4.69) is 4.98 Å². The Labute approximate surface area is 125 Å². The molecule has 0 spiro atoms. The summed E-state index contributed by atoms with van der Waals surface area (Å²) in [4.78, 5) is 14.3. The predicted octanol–water partition coefficient (Wildman–Crippen LogP) is 4.33. The van der Waals surface area contributed by atoms with Gasteiger partial charge in [0.05, 0.1) is 5.56 Å². The highest BCUT2D eigenvalue weighted by atomic mass is 19.4. The van der Waals surface area contributed by atoms with Crippen LogP contribution in [0.2, 0.25) is 0 Å². The van der Waals surface area contributed by atoms with Gasteiger partial charge in [-0.25, -0.2) is 0 Å². The van der Waals surface area contributed by atoms with Gasteiger partial charge in [0.1, 0.15) is 5.69 Å². The molecular formula is C16H17F3N2O. The number of alkyl halides is 3. The van der Waals surface area contributed by atoms with Gasteiger partial charge < -0.3 is 10.7 Å². The van der Waals surface area contributed by atoms with Crippen molar-refractivity contribution in [2.24, 2.45) is 0 Å². The number of hydrogen-bond donors (Lipinski definition) is 2. The van der Waals surface area contributed by atoms with Gasteiger partial charge in [-0.2, -0.15) is 13.2 Å². The Morgan fingerprint density at radius 2 is 2.05 bits per heavy atom. The number of H-pyrrole nitrogens is 1. The predicted molar refractivity (Wildman–Crippen MR) is 82.5 cm³/mol. The maximum absolute atomic E-state index is 12.9. The van der Waals surface area contributed by atoms with Crippen LogP contribution in [-0.2, 0) is 6.18 Å². The molecule has 1 aromatic heterocycles. The third kappa shape index (κ3) is 3.16. The maximum atomic E-state index is 12.9. The van der Waals surface area contributed by atoms with Gasteiger partial charge in [-0.1, -0.05) is 25.0 Å². The summed E-state index contributed by atoms with van der Waals surface area (Å²) < 4.78 is 38.7. The quantitative estimate of drug-likeness (QED) is 0.886. The molecule has 0 saturated carbocycles. The molecule has 1 aromatic carbocycles. The summed E-state index contributed by atoms with van der Waals surface area (Å²) in [6.07, 6.45) is -1.07. The summed E-state index contributed by atoms with van der Waals surface area (Å²) in [5, 5.41) is 0.294. The highest BCUT2D eigenvalue weighted by Crippen LogP contribution is 2.33. The van der Waals surface area contributed by atoms with Crippen LogP contribution in [0.5, 0.6) is 0 Å². The molecule has 3 nitrogen and oxygen atoms in total. The van der Waals surface area contributed by atoms with Crippen molar-refractivity contribution in [3.63, 3.8) is 0 Å². The Morgan fingerprint density at radius 1 is 1.36 bits per heavy atom. The molecule has 6 heteroatoms. The Kier molecular flexibility index (Phi) is 4.30. The third-order valence-electron chi connectivity index (χ3n) is 3.46. The van der Waals surface area contributed by atoms with Crippen molar-refractivity contribution in [1.29, 1.82) is 0 Å². The van der Waals surface area contributed by atoms with Crippen LogP contribution < -0.4 is 11.3 Å². The van der Waals surface area contributed by atoms with Crippen LogP contribution in [-0.4, -0.2) is 4.98 Å². The molecule has 0 bridgehead atoms. The van der Waals surface area contributed by atoms with E-state index in [-0.39, 0.29) is 5.69 Å². The average Bonchev–Trinajstić information content (AvgIpc) is 2.42. The number of nitrogens with one attached hydrogen (secondary N) is 1. The van der Waals surface area contributed by atoms with Gasteiger partial charge >= 0.3 is 6.18 Å². The monoisotopic (exact) mass is 310 g/mol. The maximum Gasteiger partial charge on any atom is 0.416 e. The van der Waals surface area contributed by atoms with E-state index in [4.69, 9.17) is 5.73 Å². The van der Waals surface area contributed by atoms with Gasteiger partial charge in [-0.3, -0.25) is 4.79 Å². The first-order valence-corrected chi connectivity index (χ1v) is 6.94. The molecule has 0 aliphatic carbocycles. The average molecular weight is 310 g/mol. The van der Waals surface area contributed by atoms with E-state index in [1.807, 2.05) is 13.8 Å². The van der Waals surface area contributed by atoms with Crippen LogP contribution in [0.3, 0.4) is 0 Å². The fourth-order valence-corrected chi connectivity index (χ4v) is 2.38. The highest BCUT2D eigenvalue weighted by molar-refractivity contribution is 5.93. The topological polar surface area (TPSA) is 58.9 Å². The highest BCUT2D eigenvalue weighted by Gasteiger charge is 2.30. The van der Waals surface area contributed by atoms with Gasteiger partial charge in [-0.15, -0.1) is 0 Å². The second-order valence-corrected chi connectivity index (χ2v) is 5.28. The third-order valence-corrected chi connectivity index (χ3v) is 3.46. The second-order valence-electron chi connectivity index (χ2n) is 5.28. The number of aromatic nitrogens is 1. The Hall–Kier alpha value is -2.24. The zero-order chi connectivity index (χ0) is 16.5. The Bertz CT molecular complexity index is 788. The van der Waals surface area contributed by atoms with E-state index >= 15 is 0 Å². The molecule has 0 saturated heterocycles. The van der Waals surface area contributed by atoms with Crippen LogP contribution >= 0.6 is 0 Å². The zero-order valence-corrected chi connectivity index (χ0v) is 12.3. The first-order chi connectivity index (χ1) is 10.2. The number of hydrogen-bond acceptors (Lipinski definition) is 2. The zero-order valence-electron chi connectivity index (χ0n) is 12.3. The van der Waals surface area contributed by atoms with E-state index < -0.39 is 17.3 Å². The molecule has 0 fully saturated rings. The number of aromatic amines is 1. The van der Waals surface area contributed by atoms with E-state index in [0.29, 0.717) is 16.5 Å². The molecule has 0 aliphatic rings. The molecule has 118 valence electrons. The number of nitrogens with two attached hydrogens (primary N) is 1. The number of nitrogen functional groups attached to an aromatic ring is 1. The molecule has 2 aromatic rings. The molecule has 0 unspecified atom stereocenters. The number of anilines is 1. The second kappa shape index (κ2) is 5.87. The van der Waals surface area contributed by atoms with E-state index in [9.17, 15) is 18.0 Å². The Morgan fingerprint density at radius 3 is 2.64 bits per heavy atom. The lowest BCUT2D eigenvalue weighted by atomic mass is 10.0. The van der Waals surface area contributed by atoms with Gasteiger partial charge in [-0.05, 0) is 31.5 Å². The lowest BCUT2D eigenvalue weighted by molar-refractivity contribution is -0.137. The first-order valence-electron chi connectivity index (χ1n) is 6.94. The number of rotatable bonds is 3. The smallest absolute Gasteiger partial charge is 0.394 e. The van der Waals surface area contributed by atoms with Gasteiger partial charge in [0.2, 0.25) is 0 Å². The molecule has 0 aliphatic heterocycles. The van der Waals surface area contributed by atoms with Crippen molar-refractivity contribution in [1.82, 2.24) is 4.98 Å². The summed E-state index contributed by atoms with van der Waals surface area (Å²) in [6, 6.07) is 3.22. The SMILES string of the molecule is CCCC(C)=Cc1c(N)c(=O)[nH]c2ccc(C(F)(F)F)cc12. The minimum Gasteiger partial charge on any atom is -0.394 e. The van der Waals surface area contributed by atoms with Gasteiger partial charge in [0.15, 0.2) is 0 Å². The minimum atomic E-state index is -4.45. The Balaban J connectivity index is 2.78. The van der Waals surface area contributed by atoms with Gasteiger partial charge in [0.25, 0.3) is 5.56 Å². The normalized spacial score (nSPS) is 12.9. The minimum absolute atomic E-state index is 0.0673. The summed E-state index contributed by atoms with van der Waals surface area (Å²) >= 11 is 0. The first kappa shape index (κ1) is 16.1. The molecule has 2 rings (SSSR count). The number of pyridine rings is 1. The van der Waals surface area contributed by atoms with Crippen LogP contribution in [0.25, 0.3) is 17.0 Å². The molecular weight excluding hydrogens is 293 g/mol. The van der Waals surface area contributed by atoms with Crippen molar-refractivity contribution in [3.05, 3.63) is 45.3 Å². The van der Waals surface area contributed by atoms with Crippen LogP contribution in [0.1, 0.15) is 37.8 Å². The van der Waals surface area contributed by atoms with Crippen LogP contribution in [0.4, 0.5) is 18.9 Å². The van der Waals surface area contributed by atoms with Crippen LogP contribution in [0, 0.1) is 0 Å². The van der Waals surface area contributed by atoms with Crippen molar-refractivity contribution < 1.29 is 13.2 Å². The van der Waals surface area contributed by atoms with Gasteiger partial charge in [0, 0.05) is 16.5 Å².